The fraction of sp³-hybridized carbons (Fsp3) is 1.00. The predicted molar refractivity (Wildman–Crippen MR) is 51.4 cm³/mol. The fourth-order valence-corrected chi connectivity index (χ4v) is 3.90. The Labute approximate surface area is 68.4 Å². The number of halogens is 1. The molecule has 0 bridgehead atoms. The number of rotatable bonds is 4. The van der Waals surface area contributed by atoms with Gasteiger partial charge in [-0.1, -0.05) is 19.6 Å². The second kappa shape index (κ2) is 4.64. The van der Waals surface area contributed by atoms with Crippen molar-refractivity contribution >= 4 is 31.4 Å². The molecule has 0 nitrogen and oxygen atoms in total. The lowest BCUT2D eigenvalue weighted by Crippen LogP contribution is -2.24. The van der Waals surface area contributed by atoms with Gasteiger partial charge >= 0.3 is 0 Å². The van der Waals surface area contributed by atoms with Gasteiger partial charge in [-0.05, 0) is 5.38 Å². The Morgan fingerprint density at radius 3 is 2.22 bits per heavy atom. The van der Waals surface area contributed by atoms with Crippen LogP contribution in [0.3, 0.4) is 0 Å². The van der Waals surface area contributed by atoms with Gasteiger partial charge in [-0.15, -0.1) is 11.6 Å². The van der Waals surface area contributed by atoms with Gasteiger partial charge in [0, 0.05) is 11.6 Å². The van der Waals surface area contributed by atoms with Gasteiger partial charge in [-0.25, -0.2) is 0 Å². The van der Waals surface area contributed by atoms with Crippen molar-refractivity contribution in [2.24, 2.45) is 0 Å². The van der Waals surface area contributed by atoms with Crippen LogP contribution in [-0.4, -0.2) is 25.1 Å². The van der Waals surface area contributed by atoms with E-state index in [2.05, 4.69) is 19.6 Å². The van der Waals surface area contributed by atoms with E-state index in [1.807, 2.05) is 11.8 Å². The van der Waals surface area contributed by atoms with Crippen LogP contribution in [-0.2, 0) is 0 Å². The van der Waals surface area contributed by atoms with Gasteiger partial charge in [0.25, 0.3) is 0 Å². The van der Waals surface area contributed by atoms with Crippen LogP contribution < -0.4 is 0 Å². The Morgan fingerprint density at radius 1 is 1.33 bits per heavy atom. The largest absolute Gasteiger partial charge is 0.164 e. The first-order valence-corrected chi connectivity index (χ1v) is 8.59. The molecule has 0 saturated carbocycles. The highest BCUT2D eigenvalue weighted by molar-refractivity contribution is 8.00. The minimum absolute atomic E-state index is 0.790. The summed E-state index contributed by atoms with van der Waals surface area (Å²) in [7, 11) is -0.790. The minimum atomic E-state index is -0.790. The lowest BCUT2D eigenvalue weighted by molar-refractivity contribution is 1.53. The van der Waals surface area contributed by atoms with E-state index < -0.39 is 8.07 Å². The van der Waals surface area contributed by atoms with E-state index in [1.165, 1.54) is 5.38 Å². The van der Waals surface area contributed by atoms with E-state index in [-0.39, 0.29) is 0 Å². The lowest BCUT2D eigenvalue weighted by Gasteiger charge is -2.13. The quantitative estimate of drug-likeness (QED) is 0.366. The van der Waals surface area contributed by atoms with Crippen molar-refractivity contribution in [2.75, 3.05) is 17.0 Å². The first kappa shape index (κ1) is 9.86. The van der Waals surface area contributed by atoms with Crippen LogP contribution in [0.15, 0.2) is 0 Å². The molecule has 0 saturated heterocycles. The molecular formula is C6H15ClSSi. The molecule has 0 rings (SSSR count). The summed E-state index contributed by atoms with van der Waals surface area (Å²) < 4.78 is 0. The van der Waals surface area contributed by atoms with E-state index in [1.54, 1.807) is 0 Å². The van der Waals surface area contributed by atoms with Crippen LogP contribution in [0.1, 0.15) is 0 Å². The van der Waals surface area contributed by atoms with Gasteiger partial charge < -0.3 is 0 Å². The van der Waals surface area contributed by atoms with Gasteiger partial charge in [-0.2, -0.15) is 11.8 Å². The van der Waals surface area contributed by atoms with Crippen LogP contribution in [0.25, 0.3) is 0 Å². The number of alkyl halides is 1. The number of hydrogen-bond donors (Lipinski definition) is 0. The van der Waals surface area contributed by atoms with Crippen LogP contribution in [0.4, 0.5) is 0 Å². The molecule has 0 aliphatic heterocycles. The molecule has 0 aliphatic carbocycles. The Morgan fingerprint density at radius 2 is 1.89 bits per heavy atom. The smallest absolute Gasteiger partial charge is 0.0548 e. The Bertz CT molecular complexity index is 69.9. The molecule has 0 atom stereocenters. The zero-order valence-corrected chi connectivity index (χ0v) is 8.98. The molecule has 0 heterocycles. The number of hydrogen-bond acceptors (Lipinski definition) is 1. The fourth-order valence-electron chi connectivity index (χ4n) is 0.433. The highest BCUT2D eigenvalue weighted by Crippen LogP contribution is 2.10. The summed E-state index contributed by atoms with van der Waals surface area (Å²) in [5, 5.41) is 1.35. The molecule has 0 aliphatic rings. The highest BCUT2D eigenvalue weighted by Gasteiger charge is 2.11. The average molecular weight is 183 g/mol. The third-order valence-electron chi connectivity index (χ3n) is 0.757. The number of thioether (sulfide) groups is 1. The average Bonchev–Trinajstić information content (AvgIpc) is 1.63. The highest BCUT2D eigenvalue weighted by atomic mass is 35.5. The van der Waals surface area contributed by atoms with E-state index in [9.17, 15) is 0 Å². The van der Waals surface area contributed by atoms with Gasteiger partial charge in [0.15, 0.2) is 0 Å². The molecule has 0 N–H and O–H groups in total. The molecule has 56 valence electrons. The van der Waals surface area contributed by atoms with Crippen LogP contribution in [0, 0.1) is 0 Å². The molecule has 3 heteroatoms. The Hall–Kier alpha value is 0.857. The SMILES string of the molecule is C[Si](C)(C)CSCCCl. The van der Waals surface area contributed by atoms with Crippen molar-refractivity contribution in [1.82, 2.24) is 0 Å². The molecule has 0 radical (unpaired) electrons. The normalized spacial score (nSPS) is 12.0. The van der Waals surface area contributed by atoms with Crippen molar-refractivity contribution < 1.29 is 0 Å². The maximum atomic E-state index is 5.52. The zero-order valence-electron chi connectivity index (χ0n) is 6.41. The summed E-state index contributed by atoms with van der Waals surface area (Å²) in [6.07, 6.45) is 0. The minimum Gasteiger partial charge on any atom is -0.164 e. The molecule has 0 fully saturated rings. The van der Waals surface area contributed by atoms with Gasteiger partial charge in [0.05, 0.1) is 8.07 Å². The van der Waals surface area contributed by atoms with Crippen molar-refractivity contribution in [2.45, 2.75) is 19.6 Å². The molecule has 0 amide bonds. The van der Waals surface area contributed by atoms with E-state index in [4.69, 9.17) is 11.6 Å². The van der Waals surface area contributed by atoms with Gasteiger partial charge in [0.1, 0.15) is 0 Å². The van der Waals surface area contributed by atoms with Gasteiger partial charge in [0.2, 0.25) is 0 Å². The summed E-state index contributed by atoms with van der Waals surface area (Å²) in [5.74, 6) is 1.92. The Balaban J connectivity index is 3.07. The molecule has 0 aromatic carbocycles. The van der Waals surface area contributed by atoms with Crippen molar-refractivity contribution in [3.05, 3.63) is 0 Å². The first-order valence-electron chi connectivity index (χ1n) is 3.20. The molecule has 0 unspecified atom stereocenters. The summed E-state index contributed by atoms with van der Waals surface area (Å²) in [4.78, 5) is 0. The van der Waals surface area contributed by atoms with Crippen LogP contribution >= 0.6 is 23.4 Å². The van der Waals surface area contributed by atoms with E-state index in [0.29, 0.717) is 0 Å². The molecule has 0 aromatic rings. The van der Waals surface area contributed by atoms with E-state index in [0.717, 1.165) is 11.6 Å². The molecular weight excluding hydrogens is 168 g/mol. The topological polar surface area (TPSA) is 0 Å². The van der Waals surface area contributed by atoms with Crippen molar-refractivity contribution in [3.8, 4) is 0 Å². The summed E-state index contributed by atoms with van der Waals surface area (Å²) >= 11 is 7.51. The maximum absolute atomic E-state index is 5.52. The zero-order chi connectivity index (χ0) is 7.33. The monoisotopic (exact) mass is 182 g/mol. The summed E-state index contributed by atoms with van der Waals surface area (Å²) in [6.45, 7) is 7.15. The van der Waals surface area contributed by atoms with Crippen molar-refractivity contribution in [1.29, 1.82) is 0 Å². The third-order valence-corrected chi connectivity index (χ3v) is 5.94. The molecule has 0 spiro atoms. The Kier molecular flexibility index (Phi) is 5.08. The first-order chi connectivity index (χ1) is 4.06. The van der Waals surface area contributed by atoms with Gasteiger partial charge in [-0.3, -0.25) is 0 Å². The van der Waals surface area contributed by atoms with Crippen LogP contribution in [0.5, 0.6) is 0 Å². The van der Waals surface area contributed by atoms with Crippen molar-refractivity contribution in [3.63, 3.8) is 0 Å². The second-order valence-electron chi connectivity index (χ2n) is 3.30. The summed E-state index contributed by atoms with van der Waals surface area (Å²) in [6, 6.07) is 0. The van der Waals surface area contributed by atoms with E-state index >= 15 is 0 Å². The lowest BCUT2D eigenvalue weighted by atomic mass is 11.0. The van der Waals surface area contributed by atoms with Crippen LogP contribution in [0.2, 0.25) is 19.6 Å². The predicted octanol–water partition coefficient (Wildman–Crippen LogP) is 2.84. The summed E-state index contributed by atoms with van der Waals surface area (Å²) in [5.41, 5.74) is 0. The molecule has 9 heavy (non-hydrogen) atoms. The third kappa shape index (κ3) is 8.86. The maximum Gasteiger partial charge on any atom is 0.0548 e. The molecule has 0 aromatic heterocycles. The standard InChI is InChI=1S/C6H15ClSSi/c1-9(2,3)6-8-5-4-7/h4-6H2,1-3H3. The second-order valence-corrected chi connectivity index (χ2v) is 10.8.